The second-order valence-electron chi connectivity index (χ2n) is 7.24. The van der Waals surface area contributed by atoms with Gasteiger partial charge in [-0.05, 0) is 43.5 Å². The first-order valence-corrected chi connectivity index (χ1v) is 9.68. The summed E-state index contributed by atoms with van der Waals surface area (Å²) < 4.78 is 47.5. The minimum Gasteiger partial charge on any atom is -0.381 e. The average molecular weight is 432 g/mol. The number of imidazole rings is 1. The zero-order valence-electron chi connectivity index (χ0n) is 16.6. The van der Waals surface area contributed by atoms with Gasteiger partial charge in [0.15, 0.2) is 5.65 Å². The molecule has 8 nitrogen and oxygen atoms in total. The number of hydrogen-bond acceptors (Lipinski definition) is 6. The third-order valence-corrected chi connectivity index (χ3v) is 5.26. The number of halogens is 3. The lowest BCUT2D eigenvalue weighted by Gasteiger charge is -2.23. The Morgan fingerprint density at radius 3 is 2.68 bits per heavy atom. The van der Waals surface area contributed by atoms with Gasteiger partial charge in [-0.3, -0.25) is 9.13 Å². The largest absolute Gasteiger partial charge is 0.381 e. The molecule has 0 aliphatic carbocycles. The van der Waals surface area contributed by atoms with E-state index >= 15 is 0 Å². The van der Waals surface area contributed by atoms with Crippen LogP contribution in [0.2, 0.25) is 0 Å². The number of ether oxygens (including phenoxy) is 1. The van der Waals surface area contributed by atoms with Gasteiger partial charge in [0.05, 0.1) is 17.8 Å². The molecule has 3 aromatic rings. The van der Waals surface area contributed by atoms with Gasteiger partial charge in [0, 0.05) is 24.9 Å². The van der Waals surface area contributed by atoms with Crippen molar-refractivity contribution in [1.82, 2.24) is 19.1 Å². The molecule has 1 N–H and O–H groups in total. The Morgan fingerprint density at radius 1 is 1.29 bits per heavy atom. The number of anilines is 2. The van der Waals surface area contributed by atoms with Crippen LogP contribution in [0.5, 0.6) is 0 Å². The number of nitrogens with one attached hydrogen (secondary N) is 1. The molecule has 1 saturated heterocycles. The van der Waals surface area contributed by atoms with Crippen molar-refractivity contribution in [2.75, 3.05) is 18.5 Å². The molecule has 4 rings (SSSR count). The number of hydrogen-bond donors (Lipinski definition) is 1. The minimum atomic E-state index is -3.37. The van der Waals surface area contributed by atoms with Gasteiger partial charge in [0.1, 0.15) is 5.52 Å². The van der Waals surface area contributed by atoms with E-state index in [0.29, 0.717) is 41.9 Å². The standard InChI is InChI=1S/C20H19F3N6O2/c1-11-8-12(9-24)2-3-14(11)26-19-25-10-15-18(27-19)28(13-4-6-31-7-5-13)20(30)29(15)17(23)16(21)22/h2-3,8,10,13,16-17H,4-7H2,1H3,(H,25,26,27). The van der Waals surface area contributed by atoms with Crippen LogP contribution in [0, 0.1) is 18.3 Å². The minimum absolute atomic E-state index is 0.0731. The van der Waals surface area contributed by atoms with Crippen molar-refractivity contribution in [3.63, 3.8) is 0 Å². The Hall–Kier alpha value is -3.39. The number of fused-ring (bicyclic) bond motifs is 1. The monoisotopic (exact) mass is 432 g/mol. The molecule has 0 radical (unpaired) electrons. The second-order valence-corrected chi connectivity index (χ2v) is 7.24. The molecule has 162 valence electrons. The van der Waals surface area contributed by atoms with E-state index in [-0.39, 0.29) is 23.2 Å². The van der Waals surface area contributed by atoms with E-state index in [0.717, 1.165) is 11.8 Å². The molecular formula is C20H19F3N6O2. The molecule has 0 spiro atoms. The summed E-state index contributed by atoms with van der Waals surface area (Å²) in [5, 5.41) is 12.0. The maximum atomic E-state index is 14.3. The van der Waals surface area contributed by atoms with E-state index in [1.165, 1.54) is 4.57 Å². The molecule has 1 atom stereocenters. The predicted molar refractivity (Wildman–Crippen MR) is 106 cm³/mol. The number of benzene rings is 1. The highest BCUT2D eigenvalue weighted by atomic mass is 19.3. The van der Waals surface area contributed by atoms with Crippen molar-refractivity contribution in [3.8, 4) is 6.07 Å². The molecule has 2 aromatic heterocycles. The summed E-state index contributed by atoms with van der Waals surface area (Å²) in [6, 6.07) is 6.69. The molecule has 3 heterocycles. The van der Waals surface area contributed by atoms with Gasteiger partial charge in [-0.1, -0.05) is 0 Å². The second kappa shape index (κ2) is 8.39. The van der Waals surface area contributed by atoms with Gasteiger partial charge in [-0.25, -0.2) is 22.9 Å². The van der Waals surface area contributed by atoms with Crippen LogP contribution in [-0.4, -0.2) is 38.7 Å². The number of aryl methyl sites for hydroxylation is 1. The molecule has 1 fully saturated rings. The molecule has 1 unspecified atom stereocenters. The van der Waals surface area contributed by atoms with E-state index < -0.39 is 18.4 Å². The van der Waals surface area contributed by atoms with Crippen molar-refractivity contribution >= 4 is 22.8 Å². The summed E-state index contributed by atoms with van der Waals surface area (Å²) in [6.07, 6.45) is -4.06. The topological polar surface area (TPSA) is 97.8 Å². The smallest absolute Gasteiger partial charge is 0.333 e. The summed E-state index contributed by atoms with van der Waals surface area (Å²) in [6.45, 7) is 2.60. The van der Waals surface area contributed by atoms with E-state index in [1.54, 1.807) is 25.1 Å². The third-order valence-electron chi connectivity index (χ3n) is 5.26. The van der Waals surface area contributed by atoms with Crippen LogP contribution >= 0.6 is 0 Å². The predicted octanol–water partition coefficient (Wildman–Crippen LogP) is 3.60. The van der Waals surface area contributed by atoms with Crippen molar-refractivity contribution in [1.29, 1.82) is 5.26 Å². The van der Waals surface area contributed by atoms with Crippen molar-refractivity contribution < 1.29 is 17.9 Å². The summed E-state index contributed by atoms with van der Waals surface area (Å²) in [5.41, 5.74) is 0.967. The Kier molecular flexibility index (Phi) is 5.65. The molecule has 0 amide bonds. The Balaban J connectivity index is 1.82. The zero-order chi connectivity index (χ0) is 22.1. The lowest BCUT2D eigenvalue weighted by Crippen LogP contribution is -2.33. The first-order chi connectivity index (χ1) is 14.9. The molecule has 0 bridgehead atoms. The highest BCUT2D eigenvalue weighted by Crippen LogP contribution is 2.28. The third kappa shape index (κ3) is 3.86. The summed E-state index contributed by atoms with van der Waals surface area (Å²) >= 11 is 0. The van der Waals surface area contributed by atoms with Crippen molar-refractivity contribution in [3.05, 3.63) is 46.0 Å². The molecular weight excluding hydrogens is 413 g/mol. The van der Waals surface area contributed by atoms with Crippen LogP contribution in [0.25, 0.3) is 11.2 Å². The maximum Gasteiger partial charge on any atom is 0.333 e. The first-order valence-electron chi connectivity index (χ1n) is 9.68. The Bertz CT molecular complexity index is 1210. The van der Waals surface area contributed by atoms with Crippen LogP contribution in [0.3, 0.4) is 0 Å². The average Bonchev–Trinajstić information content (AvgIpc) is 3.06. The van der Waals surface area contributed by atoms with E-state index in [1.807, 2.05) is 6.07 Å². The quantitative estimate of drug-likeness (QED) is 0.662. The maximum absolute atomic E-state index is 14.3. The van der Waals surface area contributed by atoms with E-state index in [9.17, 15) is 18.0 Å². The van der Waals surface area contributed by atoms with Crippen LogP contribution in [-0.2, 0) is 4.74 Å². The Labute approximate surface area is 174 Å². The van der Waals surface area contributed by atoms with Crippen LogP contribution in [0.15, 0.2) is 29.2 Å². The summed E-state index contributed by atoms with van der Waals surface area (Å²) in [4.78, 5) is 21.4. The molecule has 1 aliphatic heterocycles. The van der Waals surface area contributed by atoms with E-state index in [4.69, 9.17) is 10.00 Å². The fourth-order valence-corrected chi connectivity index (χ4v) is 3.70. The highest BCUT2D eigenvalue weighted by Gasteiger charge is 2.31. The van der Waals surface area contributed by atoms with Gasteiger partial charge in [0.25, 0.3) is 6.43 Å². The molecule has 11 heteroatoms. The Morgan fingerprint density at radius 2 is 2.03 bits per heavy atom. The number of alkyl halides is 3. The molecule has 31 heavy (non-hydrogen) atoms. The zero-order valence-corrected chi connectivity index (χ0v) is 16.6. The SMILES string of the molecule is Cc1cc(C#N)ccc1Nc1ncc2c(n1)n(C1CCOCC1)c(=O)n2C(F)C(F)F. The van der Waals surface area contributed by atoms with Crippen LogP contribution in [0.4, 0.5) is 24.8 Å². The van der Waals surface area contributed by atoms with Gasteiger partial charge in [-0.15, -0.1) is 0 Å². The van der Waals surface area contributed by atoms with Gasteiger partial charge in [0.2, 0.25) is 12.2 Å². The lowest BCUT2D eigenvalue weighted by atomic mass is 10.1. The summed E-state index contributed by atoms with van der Waals surface area (Å²) in [5.74, 6) is 0.116. The van der Waals surface area contributed by atoms with Crippen molar-refractivity contribution in [2.24, 2.45) is 0 Å². The van der Waals surface area contributed by atoms with Crippen molar-refractivity contribution in [2.45, 2.75) is 38.5 Å². The van der Waals surface area contributed by atoms with Gasteiger partial charge >= 0.3 is 5.69 Å². The number of aromatic nitrogens is 4. The fraction of sp³-hybridized carbons (Fsp3) is 0.400. The normalized spacial score (nSPS) is 15.9. The van der Waals surface area contributed by atoms with Gasteiger partial charge < -0.3 is 10.1 Å². The fourth-order valence-electron chi connectivity index (χ4n) is 3.70. The first kappa shape index (κ1) is 20.9. The lowest BCUT2D eigenvalue weighted by molar-refractivity contribution is 0.00736. The molecule has 1 aliphatic rings. The van der Waals surface area contributed by atoms with Gasteiger partial charge in [-0.2, -0.15) is 10.2 Å². The highest BCUT2D eigenvalue weighted by molar-refractivity contribution is 5.73. The van der Waals surface area contributed by atoms with Crippen LogP contribution < -0.4 is 11.0 Å². The number of rotatable bonds is 5. The number of nitriles is 1. The molecule has 0 saturated carbocycles. The van der Waals surface area contributed by atoms with Crippen LogP contribution in [0.1, 0.15) is 36.3 Å². The number of nitrogens with zero attached hydrogens (tertiary/aromatic N) is 5. The summed E-state index contributed by atoms with van der Waals surface area (Å²) in [7, 11) is 0. The van der Waals surface area contributed by atoms with E-state index in [2.05, 4.69) is 15.3 Å². The molecule has 1 aromatic carbocycles.